The summed E-state index contributed by atoms with van der Waals surface area (Å²) >= 11 is 0. The van der Waals surface area contributed by atoms with Gasteiger partial charge in [-0.25, -0.2) is 9.53 Å². The Morgan fingerprint density at radius 2 is 1.65 bits per heavy atom. The molecule has 0 saturated carbocycles. The van der Waals surface area contributed by atoms with Crippen molar-refractivity contribution >= 4 is 5.97 Å². The molecule has 2 atom stereocenters. The minimum Gasteiger partial charge on any atom is -0.445 e. The molecule has 0 spiro atoms. The van der Waals surface area contributed by atoms with Gasteiger partial charge in [0.1, 0.15) is 0 Å². The van der Waals surface area contributed by atoms with E-state index in [1.807, 2.05) is 0 Å². The van der Waals surface area contributed by atoms with E-state index in [0.29, 0.717) is 0 Å². The Morgan fingerprint density at radius 3 is 2.00 bits per heavy atom. The van der Waals surface area contributed by atoms with Gasteiger partial charge < -0.3 is 9.47 Å². The third-order valence-corrected chi connectivity index (χ3v) is 2.80. The smallest absolute Gasteiger partial charge is 0.445 e. The van der Waals surface area contributed by atoms with E-state index in [-0.39, 0.29) is 6.92 Å². The van der Waals surface area contributed by atoms with Crippen LogP contribution in [0.5, 0.6) is 0 Å². The van der Waals surface area contributed by atoms with Crippen molar-refractivity contribution in [2.24, 2.45) is 0 Å². The first-order valence-electron chi connectivity index (χ1n) is 5.42. The minimum atomic E-state index is -6.37. The second-order valence-corrected chi connectivity index (χ2v) is 4.55. The van der Waals surface area contributed by atoms with E-state index < -0.39 is 48.3 Å². The predicted octanol–water partition coefficient (Wildman–Crippen LogP) is 3.23. The minimum absolute atomic E-state index is 0.126. The number of hydrogen-bond donors (Lipinski definition) is 0. The number of ether oxygens (including phenoxy) is 3. The van der Waals surface area contributed by atoms with E-state index in [0.717, 1.165) is 0 Å². The van der Waals surface area contributed by atoms with Gasteiger partial charge in [-0.1, -0.05) is 6.58 Å². The number of rotatable bonds is 3. The molecule has 1 aliphatic rings. The monoisotopic (exact) mass is 362 g/mol. The third-order valence-electron chi connectivity index (χ3n) is 2.80. The number of carbonyl (C=O) groups excluding carboxylic acids is 1. The van der Waals surface area contributed by atoms with Gasteiger partial charge in [-0.05, 0) is 6.92 Å². The van der Waals surface area contributed by atoms with Crippen LogP contribution in [-0.4, -0.2) is 42.4 Å². The number of alkyl halides is 8. The summed E-state index contributed by atoms with van der Waals surface area (Å²) in [6, 6.07) is 0. The molecule has 13 heteroatoms. The van der Waals surface area contributed by atoms with Crippen molar-refractivity contribution in [1.82, 2.24) is 0 Å². The Labute approximate surface area is 121 Å². The summed E-state index contributed by atoms with van der Waals surface area (Å²) in [6.07, 6.45) is -12.5. The van der Waals surface area contributed by atoms with Crippen LogP contribution in [0.25, 0.3) is 0 Å². The molecule has 0 aliphatic carbocycles. The highest BCUT2D eigenvalue weighted by atomic mass is 19.4. The Kier molecular flexibility index (Phi) is 4.47. The summed E-state index contributed by atoms with van der Waals surface area (Å²) in [4.78, 5) is 10.9. The largest absolute Gasteiger partial charge is 0.525 e. The molecule has 0 radical (unpaired) electrons. The first-order valence-corrected chi connectivity index (χ1v) is 5.42. The lowest BCUT2D eigenvalue weighted by Crippen LogP contribution is -2.66. The van der Waals surface area contributed by atoms with Crippen LogP contribution in [0.1, 0.15) is 6.92 Å². The highest BCUT2D eigenvalue weighted by Crippen LogP contribution is 2.58. The average molecular weight is 362 g/mol. The van der Waals surface area contributed by atoms with Crippen molar-refractivity contribution in [3.63, 3.8) is 0 Å². The quantitative estimate of drug-likeness (QED) is 0.439. The van der Waals surface area contributed by atoms with Gasteiger partial charge in [-0.15, -0.1) is 13.2 Å². The van der Waals surface area contributed by atoms with Crippen LogP contribution >= 0.6 is 0 Å². The molecule has 0 aromatic heterocycles. The van der Waals surface area contributed by atoms with Gasteiger partial charge in [0.05, 0.1) is 6.61 Å². The lowest BCUT2D eigenvalue weighted by atomic mass is 9.94. The van der Waals surface area contributed by atoms with Gasteiger partial charge in [0, 0.05) is 0 Å². The number of hydrogen-bond acceptors (Lipinski definition) is 4. The maximum atomic E-state index is 14.1. The van der Waals surface area contributed by atoms with Gasteiger partial charge >= 0.3 is 30.2 Å². The molecule has 1 heterocycles. The predicted molar refractivity (Wildman–Crippen MR) is 51.6 cm³/mol. The van der Waals surface area contributed by atoms with Crippen molar-refractivity contribution in [1.29, 1.82) is 0 Å². The molecule has 134 valence electrons. The molecular weight excluding hydrogens is 355 g/mol. The highest BCUT2D eigenvalue weighted by molar-refractivity contribution is 5.85. The zero-order valence-electron chi connectivity index (χ0n) is 10.9. The highest BCUT2D eigenvalue weighted by Gasteiger charge is 2.86. The molecule has 1 fully saturated rings. The second kappa shape index (κ2) is 5.26. The normalized spacial score (nSPS) is 31.0. The number of halogens is 9. The molecule has 23 heavy (non-hydrogen) atoms. The summed E-state index contributed by atoms with van der Waals surface area (Å²) in [7, 11) is 0. The lowest BCUT2D eigenvalue weighted by Gasteiger charge is -2.38. The lowest BCUT2D eigenvalue weighted by molar-refractivity contribution is -0.501. The van der Waals surface area contributed by atoms with E-state index in [9.17, 15) is 44.3 Å². The van der Waals surface area contributed by atoms with Gasteiger partial charge in [0.25, 0.3) is 0 Å². The molecule has 0 N–H and O–H groups in total. The molecule has 1 aliphatic heterocycles. The van der Waals surface area contributed by atoms with Crippen LogP contribution in [-0.2, 0) is 19.0 Å². The molecule has 1 saturated heterocycles. The van der Waals surface area contributed by atoms with E-state index >= 15 is 0 Å². The fraction of sp³-hybridized carbons (Fsp3) is 0.700. The maximum absolute atomic E-state index is 14.1. The molecule has 0 aromatic rings. The Balaban J connectivity index is 3.37. The molecule has 0 bridgehead atoms. The fourth-order valence-corrected chi connectivity index (χ4v) is 1.70. The number of carbonyl (C=O) groups is 1. The molecular formula is C10H7F9O4. The van der Waals surface area contributed by atoms with E-state index in [1.54, 1.807) is 0 Å². The average Bonchev–Trinajstić information content (AvgIpc) is 2.48. The zero-order chi connectivity index (χ0) is 18.5. The summed E-state index contributed by atoms with van der Waals surface area (Å²) in [5.74, 6) is -15.2. The first kappa shape index (κ1) is 19.5. The van der Waals surface area contributed by atoms with E-state index in [4.69, 9.17) is 0 Å². The van der Waals surface area contributed by atoms with Gasteiger partial charge in [-0.2, -0.15) is 26.3 Å². The van der Waals surface area contributed by atoms with Crippen LogP contribution < -0.4 is 0 Å². The Morgan fingerprint density at radius 1 is 1.17 bits per heavy atom. The standard InChI is InChI=1S/C10H7F9O4/c1-4(11)5(20)22-6(2)3-21-8(7(6,12)13,9(14,15)16)23-10(17,18)19/h1,3H2,2H3. The van der Waals surface area contributed by atoms with Crippen molar-refractivity contribution in [2.75, 3.05) is 6.61 Å². The van der Waals surface area contributed by atoms with Crippen LogP contribution in [0.15, 0.2) is 12.4 Å². The third kappa shape index (κ3) is 3.11. The van der Waals surface area contributed by atoms with Crippen molar-refractivity contribution in [3.8, 4) is 0 Å². The summed E-state index contributed by atoms with van der Waals surface area (Å²) in [5, 5.41) is 0. The molecule has 4 nitrogen and oxygen atoms in total. The number of esters is 1. The van der Waals surface area contributed by atoms with E-state index in [2.05, 4.69) is 20.8 Å². The zero-order valence-corrected chi connectivity index (χ0v) is 10.9. The molecule has 0 amide bonds. The van der Waals surface area contributed by atoms with Crippen LogP contribution in [0.3, 0.4) is 0 Å². The maximum Gasteiger partial charge on any atom is 0.525 e. The second-order valence-electron chi connectivity index (χ2n) is 4.55. The topological polar surface area (TPSA) is 44.8 Å². The first-order chi connectivity index (χ1) is 9.99. The molecule has 0 aromatic carbocycles. The SMILES string of the molecule is C=C(F)C(=O)OC1(C)COC(OC(F)(F)F)(C(F)(F)F)C1(F)F. The Bertz CT molecular complexity index is 511. The van der Waals surface area contributed by atoms with Gasteiger partial charge in [0.2, 0.25) is 11.4 Å². The van der Waals surface area contributed by atoms with Crippen molar-refractivity contribution in [2.45, 2.75) is 36.8 Å². The van der Waals surface area contributed by atoms with Crippen LogP contribution in [0.2, 0.25) is 0 Å². The Hall–Kier alpha value is -1.50. The van der Waals surface area contributed by atoms with Gasteiger partial charge in [-0.3, -0.25) is 0 Å². The van der Waals surface area contributed by atoms with Crippen LogP contribution in [0.4, 0.5) is 39.5 Å². The van der Waals surface area contributed by atoms with Gasteiger partial charge in [0.15, 0.2) is 0 Å². The van der Waals surface area contributed by atoms with Crippen molar-refractivity contribution < 1.29 is 58.5 Å². The fourth-order valence-electron chi connectivity index (χ4n) is 1.70. The molecule has 1 rings (SSSR count). The summed E-state index contributed by atoms with van der Waals surface area (Å²) in [5.41, 5.74) is -3.60. The van der Waals surface area contributed by atoms with Crippen LogP contribution in [0, 0.1) is 0 Å². The summed E-state index contributed by atoms with van der Waals surface area (Å²) in [6.45, 7) is 0.634. The molecule has 2 unspecified atom stereocenters. The van der Waals surface area contributed by atoms with Crippen molar-refractivity contribution in [3.05, 3.63) is 12.4 Å². The summed E-state index contributed by atoms with van der Waals surface area (Å²) < 4.78 is 125. The van der Waals surface area contributed by atoms with E-state index in [1.165, 1.54) is 0 Å².